The summed E-state index contributed by atoms with van der Waals surface area (Å²) in [5, 5.41) is 10.7. The fraction of sp³-hybridized carbons (Fsp3) is 0.394. The highest BCUT2D eigenvalue weighted by molar-refractivity contribution is 6.05. The van der Waals surface area contributed by atoms with Gasteiger partial charge in [0.05, 0.1) is 23.5 Å². The highest BCUT2D eigenvalue weighted by Crippen LogP contribution is 2.51. The molecule has 9 nitrogen and oxygen atoms in total. The fourth-order valence-electron chi connectivity index (χ4n) is 6.19. The van der Waals surface area contributed by atoms with Crippen molar-refractivity contribution < 1.29 is 27.6 Å². The van der Waals surface area contributed by atoms with Crippen LogP contribution in [-0.2, 0) is 22.3 Å². The van der Waals surface area contributed by atoms with E-state index in [2.05, 4.69) is 22.1 Å². The molecule has 0 bridgehead atoms. The van der Waals surface area contributed by atoms with Crippen molar-refractivity contribution in [3.8, 4) is 5.69 Å². The van der Waals surface area contributed by atoms with Crippen LogP contribution in [0.2, 0.25) is 0 Å². The van der Waals surface area contributed by atoms with Crippen molar-refractivity contribution in [1.82, 2.24) is 25.3 Å². The molecule has 2 aliphatic heterocycles. The number of likely N-dealkylation sites (tertiary alicyclic amines) is 1. The number of aromatic nitrogens is 2. The Kier molecular flexibility index (Phi) is 8.25. The monoisotopic (exact) mass is 620 g/mol. The molecule has 1 saturated carbocycles. The molecule has 236 valence electrons. The topological polar surface area (TPSA) is 99.6 Å². The van der Waals surface area contributed by atoms with Crippen LogP contribution in [0.15, 0.2) is 66.7 Å². The van der Waals surface area contributed by atoms with Crippen LogP contribution in [0.3, 0.4) is 0 Å². The van der Waals surface area contributed by atoms with Gasteiger partial charge in [0.25, 0.3) is 11.8 Å². The molecule has 1 aromatic heterocycles. The van der Waals surface area contributed by atoms with E-state index < -0.39 is 29.6 Å². The molecule has 2 aromatic carbocycles. The Balaban J connectivity index is 1.37. The van der Waals surface area contributed by atoms with Gasteiger partial charge in [-0.3, -0.25) is 24.2 Å². The van der Waals surface area contributed by atoms with Crippen molar-refractivity contribution in [3.05, 3.63) is 89.1 Å². The van der Waals surface area contributed by atoms with Gasteiger partial charge in [-0.15, -0.1) is 0 Å². The van der Waals surface area contributed by atoms with E-state index in [9.17, 15) is 27.6 Å². The summed E-state index contributed by atoms with van der Waals surface area (Å²) >= 11 is 0. The van der Waals surface area contributed by atoms with Crippen LogP contribution in [0.4, 0.5) is 19.0 Å². The summed E-state index contributed by atoms with van der Waals surface area (Å²) in [6.45, 7) is 8.45. The average molecular weight is 621 g/mol. The van der Waals surface area contributed by atoms with Crippen LogP contribution < -0.4 is 15.5 Å². The number of benzene rings is 2. The number of alkyl halides is 3. The number of nitrogens with zero attached hydrogens (tertiary/aromatic N) is 4. The maximum Gasteiger partial charge on any atom is 0.416 e. The summed E-state index contributed by atoms with van der Waals surface area (Å²) in [6.07, 6.45) is -1.89. The van der Waals surface area contributed by atoms with Gasteiger partial charge in [0.2, 0.25) is 5.91 Å². The van der Waals surface area contributed by atoms with Crippen molar-refractivity contribution >= 4 is 23.5 Å². The fourth-order valence-corrected chi connectivity index (χ4v) is 6.19. The van der Waals surface area contributed by atoms with Gasteiger partial charge in [-0.05, 0) is 75.5 Å². The molecular formula is C33H35F3N6O3. The molecule has 0 spiro atoms. The van der Waals surface area contributed by atoms with Gasteiger partial charge >= 0.3 is 6.18 Å². The van der Waals surface area contributed by atoms with Crippen LogP contribution >= 0.6 is 0 Å². The molecule has 3 amide bonds. The molecule has 0 unspecified atom stereocenters. The number of halogens is 3. The van der Waals surface area contributed by atoms with Crippen molar-refractivity contribution in [2.75, 3.05) is 31.1 Å². The molecule has 0 radical (unpaired) electrons. The predicted molar refractivity (Wildman–Crippen MR) is 162 cm³/mol. The third-order valence-corrected chi connectivity index (χ3v) is 8.74. The Morgan fingerprint density at radius 2 is 1.80 bits per heavy atom. The molecule has 2 N–H and O–H groups in total. The zero-order valence-corrected chi connectivity index (χ0v) is 24.9. The number of fused-ring (bicyclic) bond motifs is 1. The molecule has 3 aromatic rings. The summed E-state index contributed by atoms with van der Waals surface area (Å²) in [6, 6.07) is 12.5. The molecule has 1 aliphatic carbocycles. The Morgan fingerprint density at radius 3 is 2.42 bits per heavy atom. The standard InChI is InChI=1S/C33H35F3N6O3/c1-3-41-31-27(25(39-42(31)24-11-5-4-6-12-24)18-37-29(43)20(2)19-40-15-8-16-40)26(21-13-14-21)28(32(41)45)38-30(44)22-9-7-10-23(17-22)33(34,35)36/h4-7,9-12,17,21,26,28H,2-3,8,13-16,18-19H2,1H3,(H,37,43)(H,38,44)/t26-,28-/m1/s1. The van der Waals surface area contributed by atoms with Crippen LogP contribution in [-0.4, -0.2) is 64.6 Å². The SMILES string of the molecule is C=C(CN1CCC1)C(=O)NCc1nn(-c2ccccc2)c2c1[C@@H](C1CC1)[C@@H](NC(=O)c1cccc(C(F)(F)F)c1)C(=O)N2CC. The van der Waals surface area contributed by atoms with Crippen molar-refractivity contribution in [3.63, 3.8) is 0 Å². The first-order chi connectivity index (χ1) is 21.6. The molecule has 2 atom stereocenters. The number of anilines is 1. The van der Waals surface area contributed by atoms with Crippen molar-refractivity contribution in [2.24, 2.45) is 5.92 Å². The molecule has 3 heterocycles. The third-order valence-electron chi connectivity index (χ3n) is 8.74. The Bertz CT molecular complexity index is 1630. The van der Waals surface area contributed by atoms with E-state index >= 15 is 0 Å². The minimum Gasteiger partial charge on any atom is -0.347 e. The van der Waals surface area contributed by atoms with Crippen LogP contribution in [0, 0.1) is 5.92 Å². The van der Waals surface area contributed by atoms with E-state index in [1.54, 1.807) is 9.58 Å². The van der Waals surface area contributed by atoms with Gasteiger partial charge < -0.3 is 10.6 Å². The second-order valence-electron chi connectivity index (χ2n) is 11.8. The number of amides is 3. The van der Waals surface area contributed by atoms with Gasteiger partial charge in [-0.2, -0.15) is 18.3 Å². The Hall–Kier alpha value is -4.45. The van der Waals surface area contributed by atoms with Crippen LogP contribution in [0.1, 0.15) is 59.3 Å². The quantitative estimate of drug-likeness (QED) is 0.327. The van der Waals surface area contributed by atoms with Gasteiger partial charge in [-0.25, -0.2) is 4.68 Å². The maximum absolute atomic E-state index is 14.1. The number of carbonyl (C=O) groups excluding carboxylic acids is 3. The molecule has 45 heavy (non-hydrogen) atoms. The summed E-state index contributed by atoms with van der Waals surface area (Å²) in [4.78, 5) is 44.3. The summed E-state index contributed by atoms with van der Waals surface area (Å²) < 4.78 is 41.9. The zero-order chi connectivity index (χ0) is 31.9. The van der Waals surface area contributed by atoms with E-state index in [0.717, 1.165) is 55.7 Å². The van der Waals surface area contributed by atoms with Gasteiger partial charge in [0, 0.05) is 35.7 Å². The van der Waals surface area contributed by atoms with E-state index in [0.29, 0.717) is 23.6 Å². The predicted octanol–water partition coefficient (Wildman–Crippen LogP) is 4.43. The van der Waals surface area contributed by atoms with E-state index in [-0.39, 0.29) is 36.4 Å². The average Bonchev–Trinajstić information content (AvgIpc) is 3.78. The first kappa shape index (κ1) is 30.6. The highest BCUT2D eigenvalue weighted by Gasteiger charge is 2.51. The van der Waals surface area contributed by atoms with Crippen molar-refractivity contribution in [2.45, 2.75) is 50.9 Å². The van der Waals surface area contributed by atoms with Gasteiger partial charge in [0.15, 0.2) is 0 Å². The van der Waals surface area contributed by atoms with E-state index in [1.165, 1.54) is 12.1 Å². The van der Waals surface area contributed by atoms with Crippen LogP contribution in [0.25, 0.3) is 5.69 Å². The molecule has 12 heteroatoms. The summed E-state index contributed by atoms with van der Waals surface area (Å²) in [5.74, 6) is -1.29. The second-order valence-corrected chi connectivity index (χ2v) is 11.8. The first-order valence-corrected chi connectivity index (χ1v) is 15.2. The smallest absolute Gasteiger partial charge is 0.347 e. The second kappa shape index (κ2) is 12.2. The maximum atomic E-state index is 14.1. The first-order valence-electron chi connectivity index (χ1n) is 15.2. The lowest BCUT2D eigenvalue weighted by atomic mass is 9.82. The Morgan fingerprint density at radius 1 is 1.07 bits per heavy atom. The highest BCUT2D eigenvalue weighted by atomic mass is 19.4. The molecule has 6 rings (SSSR count). The Labute approximate surface area is 259 Å². The number of nitrogens with one attached hydrogen (secondary N) is 2. The number of hydrogen-bond donors (Lipinski definition) is 2. The summed E-state index contributed by atoms with van der Waals surface area (Å²) in [5.41, 5.74) is 1.33. The zero-order valence-electron chi connectivity index (χ0n) is 24.9. The number of carbonyl (C=O) groups is 3. The van der Waals surface area contributed by atoms with Gasteiger partial charge in [-0.1, -0.05) is 30.8 Å². The van der Waals surface area contributed by atoms with E-state index in [1.807, 2.05) is 37.3 Å². The van der Waals surface area contributed by atoms with Crippen LogP contribution in [0.5, 0.6) is 0 Å². The third kappa shape index (κ3) is 6.11. The lowest BCUT2D eigenvalue weighted by molar-refractivity contribution is -0.137. The molecule has 1 saturated heterocycles. The molecular weight excluding hydrogens is 585 g/mol. The normalized spacial score (nSPS) is 19.9. The molecule has 2 fully saturated rings. The van der Waals surface area contributed by atoms with Crippen molar-refractivity contribution in [1.29, 1.82) is 0 Å². The van der Waals surface area contributed by atoms with Gasteiger partial charge in [0.1, 0.15) is 11.9 Å². The minimum atomic E-state index is -4.62. The molecule has 3 aliphatic rings. The lowest BCUT2D eigenvalue weighted by Crippen LogP contribution is -2.56. The lowest BCUT2D eigenvalue weighted by Gasteiger charge is -2.38. The summed E-state index contributed by atoms with van der Waals surface area (Å²) in [7, 11) is 0. The van der Waals surface area contributed by atoms with E-state index in [4.69, 9.17) is 5.10 Å². The largest absolute Gasteiger partial charge is 0.416 e. The number of hydrogen-bond acceptors (Lipinski definition) is 5. The number of rotatable bonds is 10. The number of para-hydroxylation sites is 1. The minimum absolute atomic E-state index is 0.0442. The number of likely N-dealkylation sites (N-methyl/N-ethyl adjacent to an activating group) is 1.